The number of rotatable bonds is 8. The molecule has 2 aromatic carbocycles. The van der Waals surface area contributed by atoms with Crippen LogP contribution in [-0.2, 0) is 11.3 Å². The van der Waals surface area contributed by atoms with E-state index in [1.165, 1.54) is 11.1 Å². The highest BCUT2D eigenvalue weighted by atomic mass is 16.5. The topological polar surface area (TPSA) is 59.0 Å². The number of aryl methyl sites for hydroxylation is 1. The van der Waals surface area contributed by atoms with Crippen LogP contribution in [0.25, 0.3) is 10.9 Å². The van der Waals surface area contributed by atoms with Gasteiger partial charge in [-0.15, -0.1) is 0 Å². The minimum absolute atomic E-state index is 0.149. The van der Waals surface area contributed by atoms with Gasteiger partial charge in [0.1, 0.15) is 12.4 Å². The number of ether oxygens (including phenoxy) is 2. The lowest BCUT2D eigenvalue weighted by Gasteiger charge is -2.26. The van der Waals surface area contributed by atoms with E-state index in [4.69, 9.17) is 9.47 Å². The van der Waals surface area contributed by atoms with Gasteiger partial charge in [-0.1, -0.05) is 17.7 Å². The molecule has 0 saturated carbocycles. The van der Waals surface area contributed by atoms with E-state index in [1.54, 1.807) is 11.9 Å². The summed E-state index contributed by atoms with van der Waals surface area (Å²) in [5.74, 6) is 0.813. The molecule has 1 aliphatic heterocycles. The number of fused-ring (bicyclic) bond motifs is 1. The highest BCUT2D eigenvalue weighted by Gasteiger charge is 2.12. The molecule has 1 fully saturated rings. The number of urea groups is 1. The van der Waals surface area contributed by atoms with Crippen molar-refractivity contribution >= 4 is 22.6 Å². The van der Waals surface area contributed by atoms with E-state index in [9.17, 15) is 4.79 Å². The molecule has 7 nitrogen and oxygen atoms in total. The van der Waals surface area contributed by atoms with Crippen molar-refractivity contribution in [1.82, 2.24) is 14.4 Å². The zero-order valence-corrected chi connectivity index (χ0v) is 18.9. The van der Waals surface area contributed by atoms with Gasteiger partial charge >= 0.3 is 6.03 Å². The number of hydrogen-bond acceptors (Lipinski definition) is 4. The predicted molar refractivity (Wildman–Crippen MR) is 128 cm³/mol. The van der Waals surface area contributed by atoms with E-state index >= 15 is 0 Å². The number of aromatic nitrogens is 1. The maximum absolute atomic E-state index is 12.6. The van der Waals surface area contributed by atoms with E-state index in [0.717, 1.165) is 56.2 Å². The maximum atomic E-state index is 12.6. The molecule has 0 unspecified atom stereocenters. The predicted octanol–water partition coefficient (Wildman–Crippen LogP) is 3.82. The third-order valence-electron chi connectivity index (χ3n) is 5.85. The maximum Gasteiger partial charge on any atom is 0.321 e. The molecule has 4 rings (SSSR count). The van der Waals surface area contributed by atoms with E-state index in [0.29, 0.717) is 13.2 Å². The van der Waals surface area contributed by atoms with Crippen LogP contribution >= 0.6 is 0 Å². The molecule has 2 amide bonds. The fraction of sp³-hybridized carbons (Fsp3) is 0.400. The second-order valence-corrected chi connectivity index (χ2v) is 8.25. The van der Waals surface area contributed by atoms with Gasteiger partial charge in [-0.25, -0.2) is 4.79 Å². The summed E-state index contributed by atoms with van der Waals surface area (Å²) in [4.78, 5) is 16.6. The summed E-state index contributed by atoms with van der Waals surface area (Å²) in [6.45, 7) is 8.58. The van der Waals surface area contributed by atoms with Crippen LogP contribution in [0, 0.1) is 6.92 Å². The number of likely N-dealkylation sites (N-methyl/N-ethyl adjacent to an activating group) is 1. The Hall–Kier alpha value is -3.03. The van der Waals surface area contributed by atoms with Gasteiger partial charge in [-0.05, 0) is 43.3 Å². The second-order valence-electron chi connectivity index (χ2n) is 8.25. The van der Waals surface area contributed by atoms with Crippen molar-refractivity contribution in [3.05, 3.63) is 60.3 Å². The number of hydrogen-bond donors (Lipinski definition) is 1. The standard InChI is InChI=1S/C25H32N4O3/c1-20-3-6-23(7-4-20)32-18-13-27(2)25(30)26-22-5-8-24-21(19-22)9-10-29(24)12-11-28-14-16-31-17-15-28/h3-10,19H,11-18H2,1-2H3,(H,26,30). The average molecular weight is 437 g/mol. The largest absolute Gasteiger partial charge is 0.492 e. The molecule has 1 saturated heterocycles. The summed E-state index contributed by atoms with van der Waals surface area (Å²) in [6, 6.07) is 15.9. The number of carbonyl (C=O) groups excluding carboxylic acids is 1. The lowest BCUT2D eigenvalue weighted by atomic mass is 10.2. The quantitative estimate of drug-likeness (QED) is 0.583. The number of nitrogens with zero attached hydrogens (tertiary/aromatic N) is 3. The fourth-order valence-corrected chi connectivity index (χ4v) is 3.80. The second kappa shape index (κ2) is 10.5. The van der Waals surface area contributed by atoms with Crippen LogP contribution < -0.4 is 10.1 Å². The smallest absolute Gasteiger partial charge is 0.321 e. The Bertz CT molecular complexity index is 1030. The van der Waals surface area contributed by atoms with Gasteiger partial charge in [-0.3, -0.25) is 4.90 Å². The van der Waals surface area contributed by atoms with Crippen molar-refractivity contribution in [3.63, 3.8) is 0 Å². The Morgan fingerprint density at radius 3 is 2.66 bits per heavy atom. The zero-order valence-electron chi connectivity index (χ0n) is 18.9. The molecule has 2 heterocycles. The van der Waals surface area contributed by atoms with E-state index < -0.39 is 0 Å². The molecule has 32 heavy (non-hydrogen) atoms. The zero-order chi connectivity index (χ0) is 22.3. The molecule has 1 aliphatic rings. The fourth-order valence-electron chi connectivity index (χ4n) is 3.80. The Morgan fingerprint density at radius 2 is 1.88 bits per heavy atom. The third kappa shape index (κ3) is 5.81. The van der Waals surface area contributed by atoms with E-state index in [-0.39, 0.29) is 6.03 Å². The van der Waals surface area contributed by atoms with Crippen LogP contribution in [0.5, 0.6) is 5.75 Å². The van der Waals surface area contributed by atoms with Gasteiger partial charge in [0, 0.05) is 56.0 Å². The molecule has 0 bridgehead atoms. The van der Waals surface area contributed by atoms with E-state index in [1.807, 2.05) is 43.3 Å². The Morgan fingerprint density at radius 1 is 1.09 bits per heavy atom. The average Bonchev–Trinajstić information content (AvgIpc) is 3.22. The van der Waals surface area contributed by atoms with Gasteiger partial charge in [0.2, 0.25) is 0 Å². The lowest BCUT2D eigenvalue weighted by molar-refractivity contribution is 0.0365. The molecule has 3 aromatic rings. The van der Waals surface area contributed by atoms with Gasteiger partial charge in [0.25, 0.3) is 0 Å². The summed E-state index contributed by atoms with van der Waals surface area (Å²) in [7, 11) is 1.77. The third-order valence-corrected chi connectivity index (χ3v) is 5.85. The van der Waals surface area contributed by atoms with Crippen molar-refractivity contribution < 1.29 is 14.3 Å². The van der Waals surface area contributed by atoms with Crippen LogP contribution in [0.2, 0.25) is 0 Å². The molecule has 1 aromatic heterocycles. The first kappa shape index (κ1) is 22.2. The van der Waals surface area contributed by atoms with Crippen LogP contribution in [0.1, 0.15) is 5.56 Å². The number of nitrogens with one attached hydrogen (secondary N) is 1. The lowest BCUT2D eigenvalue weighted by Crippen LogP contribution is -2.38. The van der Waals surface area contributed by atoms with Gasteiger partial charge in [0.15, 0.2) is 0 Å². The number of amides is 2. The first-order valence-corrected chi connectivity index (χ1v) is 11.2. The Labute approximate surface area is 189 Å². The Balaban J connectivity index is 1.27. The Kier molecular flexibility index (Phi) is 7.29. The molecule has 7 heteroatoms. The summed E-state index contributed by atoms with van der Waals surface area (Å²) >= 11 is 0. The number of benzene rings is 2. The van der Waals surface area contributed by atoms with Crippen LogP contribution in [0.3, 0.4) is 0 Å². The van der Waals surface area contributed by atoms with Crippen LogP contribution in [0.4, 0.5) is 10.5 Å². The molecular weight excluding hydrogens is 404 g/mol. The molecule has 1 N–H and O–H groups in total. The normalized spacial score (nSPS) is 14.4. The molecular formula is C25H32N4O3. The van der Waals surface area contributed by atoms with Crippen LogP contribution in [-0.4, -0.2) is 73.4 Å². The van der Waals surface area contributed by atoms with Crippen molar-refractivity contribution in [2.24, 2.45) is 0 Å². The SMILES string of the molecule is Cc1ccc(OCCN(C)C(=O)Nc2ccc3c(ccn3CCN3CCOCC3)c2)cc1. The van der Waals surface area contributed by atoms with E-state index in [2.05, 4.69) is 33.1 Å². The van der Waals surface area contributed by atoms with Gasteiger partial charge in [-0.2, -0.15) is 0 Å². The molecule has 0 spiro atoms. The van der Waals surface area contributed by atoms with Crippen molar-refractivity contribution in [2.45, 2.75) is 13.5 Å². The van der Waals surface area contributed by atoms with Gasteiger partial charge < -0.3 is 24.3 Å². The molecule has 0 atom stereocenters. The summed E-state index contributed by atoms with van der Waals surface area (Å²) in [5.41, 5.74) is 3.16. The number of anilines is 1. The molecule has 170 valence electrons. The summed E-state index contributed by atoms with van der Waals surface area (Å²) in [5, 5.41) is 4.10. The first-order valence-electron chi connectivity index (χ1n) is 11.2. The van der Waals surface area contributed by atoms with Crippen LogP contribution in [0.15, 0.2) is 54.7 Å². The molecule has 0 aliphatic carbocycles. The first-order chi connectivity index (χ1) is 15.6. The molecule has 0 radical (unpaired) electrons. The van der Waals surface area contributed by atoms with Gasteiger partial charge in [0.05, 0.1) is 19.8 Å². The van der Waals surface area contributed by atoms with Crippen molar-refractivity contribution in [2.75, 3.05) is 58.4 Å². The number of morpholine rings is 1. The summed E-state index contributed by atoms with van der Waals surface area (Å²) < 4.78 is 13.4. The highest BCUT2D eigenvalue weighted by Crippen LogP contribution is 2.21. The summed E-state index contributed by atoms with van der Waals surface area (Å²) in [6.07, 6.45) is 2.12. The monoisotopic (exact) mass is 436 g/mol. The van der Waals surface area contributed by atoms with Crippen molar-refractivity contribution in [1.29, 1.82) is 0 Å². The van der Waals surface area contributed by atoms with Crippen molar-refractivity contribution in [3.8, 4) is 5.75 Å². The minimum atomic E-state index is -0.149. The highest BCUT2D eigenvalue weighted by molar-refractivity contribution is 5.92. The number of carbonyl (C=O) groups is 1. The minimum Gasteiger partial charge on any atom is -0.492 e.